The van der Waals surface area contributed by atoms with Crippen LogP contribution in [0.5, 0.6) is 0 Å². The number of amides is 1. The second-order valence-electron chi connectivity index (χ2n) is 3.36. The lowest BCUT2D eigenvalue weighted by Crippen LogP contribution is -2.26. The van der Waals surface area contributed by atoms with Crippen LogP contribution < -0.4 is 5.32 Å². The third kappa shape index (κ3) is 3.82. The fourth-order valence-electron chi connectivity index (χ4n) is 1.31. The Hall–Kier alpha value is -1.82. The number of hydrogen-bond acceptors (Lipinski definition) is 2. The van der Waals surface area contributed by atoms with Crippen molar-refractivity contribution in [1.82, 2.24) is 5.32 Å². The van der Waals surface area contributed by atoms with E-state index in [0.29, 0.717) is 0 Å². The monoisotopic (exact) mass is 202 g/mol. The lowest BCUT2D eigenvalue weighted by molar-refractivity contribution is -0.121. The fourth-order valence-corrected chi connectivity index (χ4v) is 1.31. The van der Waals surface area contributed by atoms with Gasteiger partial charge in [-0.05, 0) is 12.5 Å². The van der Waals surface area contributed by atoms with Crippen molar-refractivity contribution in [3.63, 3.8) is 0 Å². The Kier molecular flexibility index (Phi) is 4.36. The lowest BCUT2D eigenvalue weighted by atomic mass is 10.1. The Morgan fingerprint density at radius 1 is 1.47 bits per heavy atom. The number of rotatable bonds is 4. The van der Waals surface area contributed by atoms with Crippen molar-refractivity contribution in [1.29, 1.82) is 5.26 Å². The number of nitriles is 1. The molecule has 78 valence electrons. The van der Waals surface area contributed by atoms with Crippen molar-refractivity contribution in [3.8, 4) is 6.07 Å². The molecule has 0 aliphatic rings. The molecule has 0 aliphatic heterocycles. The summed E-state index contributed by atoms with van der Waals surface area (Å²) in [6.07, 6.45) is 0.543. The molecule has 0 spiro atoms. The molecule has 1 amide bonds. The molecule has 1 atom stereocenters. The van der Waals surface area contributed by atoms with Crippen LogP contribution >= 0.6 is 0 Å². The number of hydrogen-bond donors (Lipinski definition) is 1. The van der Waals surface area contributed by atoms with Gasteiger partial charge in [0.2, 0.25) is 5.91 Å². The minimum atomic E-state index is -0.0760. The second kappa shape index (κ2) is 5.82. The van der Waals surface area contributed by atoms with E-state index in [1.807, 2.05) is 43.3 Å². The molecule has 1 N–H and O–H groups in total. The van der Waals surface area contributed by atoms with Crippen LogP contribution in [0.25, 0.3) is 0 Å². The molecule has 0 bridgehead atoms. The zero-order chi connectivity index (χ0) is 11.1. The number of carbonyl (C=O) groups excluding carboxylic acids is 1. The van der Waals surface area contributed by atoms with Crippen molar-refractivity contribution in [2.24, 2.45) is 0 Å². The fraction of sp³-hybridized carbons (Fsp3) is 0.333. The molecule has 3 nitrogen and oxygen atoms in total. The minimum absolute atomic E-state index is 0.00241. The SMILES string of the molecule is CC(NC(=O)CCC#N)c1ccccc1. The first-order valence-electron chi connectivity index (χ1n) is 4.95. The molecular weight excluding hydrogens is 188 g/mol. The van der Waals surface area contributed by atoms with Crippen LogP contribution in [0.3, 0.4) is 0 Å². The van der Waals surface area contributed by atoms with E-state index in [4.69, 9.17) is 5.26 Å². The van der Waals surface area contributed by atoms with E-state index < -0.39 is 0 Å². The molecular formula is C12H14N2O. The molecule has 0 radical (unpaired) electrons. The van der Waals surface area contributed by atoms with Crippen LogP contribution in [0.15, 0.2) is 30.3 Å². The number of nitrogens with zero attached hydrogens (tertiary/aromatic N) is 1. The van der Waals surface area contributed by atoms with Crippen molar-refractivity contribution in [2.75, 3.05) is 0 Å². The van der Waals surface area contributed by atoms with Crippen LogP contribution in [0.1, 0.15) is 31.4 Å². The van der Waals surface area contributed by atoms with E-state index in [-0.39, 0.29) is 24.8 Å². The highest BCUT2D eigenvalue weighted by Gasteiger charge is 2.07. The zero-order valence-electron chi connectivity index (χ0n) is 8.73. The molecule has 1 rings (SSSR count). The molecule has 0 saturated carbocycles. The van der Waals surface area contributed by atoms with Gasteiger partial charge in [-0.3, -0.25) is 4.79 Å². The van der Waals surface area contributed by atoms with E-state index in [2.05, 4.69) is 5.32 Å². The first kappa shape index (κ1) is 11.3. The Morgan fingerprint density at radius 2 is 2.13 bits per heavy atom. The highest BCUT2D eigenvalue weighted by atomic mass is 16.1. The topological polar surface area (TPSA) is 52.9 Å². The number of nitrogens with one attached hydrogen (secondary N) is 1. The zero-order valence-corrected chi connectivity index (χ0v) is 8.73. The van der Waals surface area contributed by atoms with Crippen LogP contribution in [-0.4, -0.2) is 5.91 Å². The smallest absolute Gasteiger partial charge is 0.221 e. The van der Waals surface area contributed by atoms with Gasteiger partial charge in [0, 0.05) is 12.8 Å². The van der Waals surface area contributed by atoms with Gasteiger partial charge in [0.05, 0.1) is 12.1 Å². The standard InChI is InChI=1S/C12H14N2O/c1-10(11-6-3-2-4-7-11)14-12(15)8-5-9-13/h2-4,6-7,10H,5,8H2,1H3,(H,14,15). The van der Waals surface area contributed by atoms with E-state index in [0.717, 1.165) is 5.56 Å². The van der Waals surface area contributed by atoms with Gasteiger partial charge in [-0.15, -0.1) is 0 Å². The van der Waals surface area contributed by atoms with Gasteiger partial charge < -0.3 is 5.32 Å². The Morgan fingerprint density at radius 3 is 2.73 bits per heavy atom. The molecule has 0 fully saturated rings. The molecule has 0 aromatic heterocycles. The summed E-state index contributed by atoms with van der Waals surface area (Å²) in [5.41, 5.74) is 1.07. The normalized spacial score (nSPS) is 11.5. The second-order valence-corrected chi connectivity index (χ2v) is 3.36. The maximum atomic E-state index is 11.3. The van der Waals surface area contributed by atoms with Gasteiger partial charge in [-0.2, -0.15) is 5.26 Å². The first-order chi connectivity index (χ1) is 7.24. The molecule has 15 heavy (non-hydrogen) atoms. The summed E-state index contributed by atoms with van der Waals surface area (Å²) in [5.74, 6) is -0.0760. The van der Waals surface area contributed by atoms with Crippen LogP contribution in [0.2, 0.25) is 0 Å². The van der Waals surface area contributed by atoms with Crippen LogP contribution in [-0.2, 0) is 4.79 Å². The maximum absolute atomic E-state index is 11.3. The van der Waals surface area contributed by atoms with Gasteiger partial charge in [-0.25, -0.2) is 0 Å². The summed E-state index contributed by atoms with van der Waals surface area (Å²) in [7, 11) is 0. The molecule has 0 heterocycles. The third-order valence-electron chi connectivity index (χ3n) is 2.14. The van der Waals surface area contributed by atoms with E-state index >= 15 is 0 Å². The first-order valence-corrected chi connectivity index (χ1v) is 4.95. The summed E-state index contributed by atoms with van der Waals surface area (Å²) >= 11 is 0. The Balaban J connectivity index is 2.46. The van der Waals surface area contributed by atoms with Gasteiger partial charge in [-0.1, -0.05) is 30.3 Å². The highest BCUT2D eigenvalue weighted by molar-refractivity contribution is 5.76. The predicted octanol–water partition coefficient (Wildman–Crippen LogP) is 2.17. The highest BCUT2D eigenvalue weighted by Crippen LogP contribution is 2.11. The average Bonchev–Trinajstić information content (AvgIpc) is 2.27. The summed E-state index contributed by atoms with van der Waals surface area (Å²) in [5, 5.41) is 11.2. The molecule has 0 aliphatic carbocycles. The molecule has 0 saturated heterocycles. The van der Waals surface area contributed by atoms with Crippen molar-refractivity contribution >= 4 is 5.91 Å². The molecule has 1 aromatic rings. The van der Waals surface area contributed by atoms with Crippen molar-refractivity contribution in [2.45, 2.75) is 25.8 Å². The lowest BCUT2D eigenvalue weighted by Gasteiger charge is -2.13. The van der Waals surface area contributed by atoms with Gasteiger partial charge in [0.25, 0.3) is 0 Å². The van der Waals surface area contributed by atoms with Crippen molar-refractivity contribution in [3.05, 3.63) is 35.9 Å². The average molecular weight is 202 g/mol. The largest absolute Gasteiger partial charge is 0.350 e. The third-order valence-corrected chi connectivity index (χ3v) is 2.14. The Labute approximate surface area is 89.7 Å². The summed E-state index contributed by atoms with van der Waals surface area (Å²) in [4.78, 5) is 11.3. The quantitative estimate of drug-likeness (QED) is 0.813. The van der Waals surface area contributed by atoms with E-state index in [1.54, 1.807) is 0 Å². The summed E-state index contributed by atoms with van der Waals surface area (Å²) in [6, 6.07) is 11.7. The molecule has 1 unspecified atom stereocenters. The minimum Gasteiger partial charge on any atom is -0.350 e. The van der Waals surface area contributed by atoms with E-state index in [9.17, 15) is 4.79 Å². The number of benzene rings is 1. The maximum Gasteiger partial charge on any atom is 0.221 e. The molecule has 1 aromatic carbocycles. The van der Waals surface area contributed by atoms with Crippen LogP contribution in [0, 0.1) is 11.3 Å². The molecule has 3 heteroatoms. The van der Waals surface area contributed by atoms with E-state index in [1.165, 1.54) is 0 Å². The van der Waals surface area contributed by atoms with Gasteiger partial charge in [0.1, 0.15) is 0 Å². The van der Waals surface area contributed by atoms with Crippen LogP contribution in [0.4, 0.5) is 0 Å². The Bertz CT molecular complexity index is 354. The summed E-state index contributed by atoms with van der Waals surface area (Å²) < 4.78 is 0. The van der Waals surface area contributed by atoms with Gasteiger partial charge >= 0.3 is 0 Å². The van der Waals surface area contributed by atoms with Crippen molar-refractivity contribution < 1.29 is 4.79 Å². The summed E-state index contributed by atoms with van der Waals surface area (Å²) in [6.45, 7) is 1.93. The van der Waals surface area contributed by atoms with Gasteiger partial charge in [0.15, 0.2) is 0 Å². The number of carbonyl (C=O) groups is 1. The predicted molar refractivity (Wildman–Crippen MR) is 57.8 cm³/mol.